The molecule has 0 bridgehead atoms. The predicted molar refractivity (Wildman–Crippen MR) is 161 cm³/mol. The summed E-state index contributed by atoms with van der Waals surface area (Å²) in [5, 5.41) is 0.530. The fraction of sp³-hybridized carbons (Fsp3) is 0.121. The number of aromatic nitrogens is 2. The average molecular weight is 579 g/mol. The molecule has 0 radical (unpaired) electrons. The summed E-state index contributed by atoms with van der Waals surface area (Å²) >= 11 is 3.48. The molecule has 1 unspecified atom stereocenters. The van der Waals surface area contributed by atoms with E-state index in [1.165, 1.54) is 0 Å². The Morgan fingerprint density at radius 2 is 1.54 bits per heavy atom. The molecule has 0 saturated carbocycles. The van der Waals surface area contributed by atoms with Gasteiger partial charge in [0.1, 0.15) is 5.82 Å². The van der Waals surface area contributed by atoms with E-state index in [0.717, 1.165) is 15.6 Å². The smallest absolute Gasteiger partial charge is 0.266 e. The topological polar surface area (TPSA) is 55.2 Å². The number of carbonyl (C=O) groups excluding carboxylic acids is 1. The van der Waals surface area contributed by atoms with Crippen molar-refractivity contribution in [1.29, 1.82) is 0 Å². The molecule has 5 rings (SSSR count). The minimum absolute atomic E-state index is 0.146. The third-order valence-electron chi connectivity index (χ3n) is 6.71. The van der Waals surface area contributed by atoms with E-state index in [-0.39, 0.29) is 11.5 Å². The Labute approximate surface area is 236 Å². The minimum Gasteiger partial charge on any atom is -0.329 e. The first-order valence-corrected chi connectivity index (χ1v) is 13.7. The summed E-state index contributed by atoms with van der Waals surface area (Å²) in [6.45, 7) is 2.40. The van der Waals surface area contributed by atoms with Crippen LogP contribution in [0.4, 0.5) is 0 Å². The minimum atomic E-state index is -0.484. The van der Waals surface area contributed by atoms with Crippen LogP contribution in [0.2, 0.25) is 0 Å². The average Bonchev–Trinajstić information content (AvgIpc) is 2.98. The lowest BCUT2D eigenvalue weighted by Crippen LogP contribution is -2.38. The predicted octanol–water partition coefficient (Wildman–Crippen LogP) is 6.99. The molecule has 5 aromatic rings. The van der Waals surface area contributed by atoms with Crippen LogP contribution in [-0.2, 0) is 11.2 Å². The maximum Gasteiger partial charge on any atom is 0.266 e. The zero-order chi connectivity index (χ0) is 27.2. The van der Waals surface area contributed by atoms with Crippen LogP contribution >= 0.6 is 15.9 Å². The molecule has 4 aromatic carbocycles. The van der Waals surface area contributed by atoms with Crippen molar-refractivity contribution < 1.29 is 4.79 Å². The third kappa shape index (κ3) is 6.07. The second-order valence-corrected chi connectivity index (χ2v) is 10.2. The second kappa shape index (κ2) is 12.0. The number of para-hydroxylation sites is 1. The molecule has 0 saturated heterocycles. The summed E-state index contributed by atoms with van der Waals surface area (Å²) in [6, 6.07) is 34.2. The number of benzene rings is 4. The van der Waals surface area contributed by atoms with Crippen molar-refractivity contribution in [3.63, 3.8) is 0 Å². The Morgan fingerprint density at radius 3 is 2.26 bits per heavy atom. The summed E-state index contributed by atoms with van der Waals surface area (Å²) in [7, 11) is 0. The number of rotatable bonds is 8. The maximum atomic E-state index is 13.8. The molecule has 0 N–H and O–H groups in total. The first-order chi connectivity index (χ1) is 19.0. The molecule has 6 heteroatoms. The van der Waals surface area contributed by atoms with Crippen molar-refractivity contribution in [3.8, 4) is 5.69 Å². The fourth-order valence-corrected chi connectivity index (χ4v) is 4.89. The Morgan fingerprint density at radius 1 is 0.897 bits per heavy atom. The highest BCUT2D eigenvalue weighted by molar-refractivity contribution is 9.10. The molecule has 0 aliphatic rings. The van der Waals surface area contributed by atoms with E-state index in [4.69, 9.17) is 4.98 Å². The van der Waals surface area contributed by atoms with E-state index in [2.05, 4.69) is 28.1 Å². The van der Waals surface area contributed by atoms with Crippen LogP contribution in [0.3, 0.4) is 0 Å². The van der Waals surface area contributed by atoms with E-state index in [0.29, 0.717) is 35.4 Å². The van der Waals surface area contributed by atoms with Gasteiger partial charge in [0.2, 0.25) is 5.91 Å². The van der Waals surface area contributed by atoms with Gasteiger partial charge in [-0.2, -0.15) is 0 Å². The molecular formula is C33H28BrN3O2. The van der Waals surface area contributed by atoms with Gasteiger partial charge in [0.15, 0.2) is 0 Å². The van der Waals surface area contributed by atoms with Crippen LogP contribution in [0.25, 0.3) is 22.7 Å². The number of hydrogen-bond acceptors (Lipinski definition) is 3. The molecule has 39 heavy (non-hydrogen) atoms. The number of fused-ring (bicyclic) bond motifs is 1. The molecule has 1 heterocycles. The highest BCUT2D eigenvalue weighted by Gasteiger charge is 2.26. The van der Waals surface area contributed by atoms with Crippen LogP contribution < -0.4 is 5.56 Å². The highest BCUT2D eigenvalue weighted by Crippen LogP contribution is 2.25. The van der Waals surface area contributed by atoms with Crippen LogP contribution in [0.15, 0.2) is 125 Å². The summed E-state index contributed by atoms with van der Waals surface area (Å²) in [4.78, 5) is 34.3. The van der Waals surface area contributed by atoms with Gasteiger partial charge in [0.25, 0.3) is 5.56 Å². The Kier molecular flexibility index (Phi) is 8.13. The number of nitrogens with zero attached hydrogens (tertiary/aromatic N) is 3. The standard InChI is InChI=1S/C33H28BrN3O2/c1-24(32-35-30-15-9-8-14-29(30)33(39)37(32)28-19-17-27(34)18-20-28)36(23-22-26-12-6-3-7-13-26)31(38)21-16-25-10-4-2-5-11-25/h2-21,24H,22-23H2,1H3/b21-16+. The van der Waals surface area contributed by atoms with Crippen molar-refractivity contribution in [2.75, 3.05) is 6.54 Å². The molecule has 0 spiro atoms. The Hall–Kier alpha value is -4.29. The van der Waals surface area contributed by atoms with Crippen molar-refractivity contribution >= 4 is 38.8 Å². The van der Waals surface area contributed by atoms with Crippen molar-refractivity contribution in [1.82, 2.24) is 14.5 Å². The molecule has 0 aliphatic heterocycles. The van der Waals surface area contributed by atoms with E-state index in [9.17, 15) is 9.59 Å². The summed E-state index contributed by atoms with van der Waals surface area (Å²) in [6.07, 6.45) is 4.09. The molecule has 5 nitrogen and oxygen atoms in total. The normalized spacial score (nSPS) is 12.1. The number of halogens is 1. The molecule has 0 aliphatic carbocycles. The van der Waals surface area contributed by atoms with Gasteiger partial charge in [0.05, 0.1) is 22.6 Å². The summed E-state index contributed by atoms with van der Waals surface area (Å²) in [5.74, 6) is 0.364. The van der Waals surface area contributed by atoms with E-state index in [1.807, 2.05) is 104 Å². The largest absolute Gasteiger partial charge is 0.329 e. The quantitative estimate of drug-likeness (QED) is 0.187. The zero-order valence-corrected chi connectivity index (χ0v) is 23.2. The van der Waals surface area contributed by atoms with E-state index >= 15 is 0 Å². The molecule has 0 fully saturated rings. The van der Waals surface area contributed by atoms with Gasteiger partial charge >= 0.3 is 0 Å². The van der Waals surface area contributed by atoms with Gasteiger partial charge < -0.3 is 4.90 Å². The Bertz CT molecular complexity index is 1660. The van der Waals surface area contributed by atoms with Crippen LogP contribution in [0.5, 0.6) is 0 Å². The van der Waals surface area contributed by atoms with Crippen LogP contribution in [0.1, 0.15) is 29.9 Å². The maximum absolute atomic E-state index is 13.8. The van der Waals surface area contributed by atoms with Gasteiger partial charge in [-0.15, -0.1) is 0 Å². The van der Waals surface area contributed by atoms with Crippen molar-refractivity contribution in [2.45, 2.75) is 19.4 Å². The van der Waals surface area contributed by atoms with Crippen LogP contribution in [0, 0.1) is 0 Å². The van der Waals surface area contributed by atoms with Gasteiger partial charge in [0, 0.05) is 17.1 Å². The number of hydrogen-bond donors (Lipinski definition) is 0. The lowest BCUT2D eigenvalue weighted by atomic mass is 10.1. The first-order valence-electron chi connectivity index (χ1n) is 12.9. The summed E-state index contributed by atoms with van der Waals surface area (Å²) < 4.78 is 2.54. The van der Waals surface area contributed by atoms with Crippen molar-refractivity contribution in [3.05, 3.63) is 147 Å². The van der Waals surface area contributed by atoms with Gasteiger partial charge in [-0.25, -0.2) is 4.98 Å². The SMILES string of the molecule is CC(c1nc2ccccc2c(=O)n1-c1ccc(Br)cc1)N(CCc1ccccc1)C(=O)/C=C/c1ccccc1. The second-order valence-electron chi connectivity index (χ2n) is 9.29. The first kappa shape index (κ1) is 26.3. The monoisotopic (exact) mass is 577 g/mol. The lowest BCUT2D eigenvalue weighted by Gasteiger charge is -2.30. The van der Waals surface area contributed by atoms with Gasteiger partial charge in [-0.05, 0) is 66.9 Å². The molecular weight excluding hydrogens is 550 g/mol. The van der Waals surface area contributed by atoms with Gasteiger partial charge in [-0.3, -0.25) is 14.2 Å². The number of amides is 1. The summed E-state index contributed by atoms with van der Waals surface area (Å²) in [5.41, 5.74) is 3.20. The van der Waals surface area contributed by atoms with E-state index in [1.54, 1.807) is 21.6 Å². The molecule has 194 valence electrons. The molecule has 1 atom stereocenters. The van der Waals surface area contributed by atoms with Gasteiger partial charge in [-0.1, -0.05) is 88.7 Å². The zero-order valence-electron chi connectivity index (χ0n) is 21.6. The molecule has 1 aromatic heterocycles. The highest BCUT2D eigenvalue weighted by atomic mass is 79.9. The number of carbonyl (C=O) groups is 1. The lowest BCUT2D eigenvalue weighted by molar-refractivity contribution is -0.128. The fourth-order valence-electron chi connectivity index (χ4n) is 4.63. The molecule has 1 amide bonds. The van der Waals surface area contributed by atoms with Crippen LogP contribution in [-0.4, -0.2) is 26.9 Å². The third-order valence-corrected chi connectivity index (χ3v) is 7.24. The Balaban J connectivity index is 1.59. The van der Waals surface area contributed by atoms with E-state index < -0.39 is 6.04 Å². The van der Waals surface area contributed by atoms with Crippen molar-refractivity contribution in [2.24, 2.45) is 0 Å².